The Hall–Kier alpha value is -1.71. The number of methoxy groups -OCH3 is 1. The summed E-state index contributed by atoms with van der Waals surface area (Å²) in [7, 11) is 3.41. The summed E-state index contributed by atoms with van der Waals surface area (Å²) in [6.07, 6.45) is 1.23. The van der Waals surface area contributed by atoms with Crippen LogP contribution in [-0.2, 0) is 9.53 Å². The minimum absolute atomic E-state index is 0.167. The third-order valence-corrected chi connectivity index (χ3v) is 3.28. The molecule has 4 nitrogen and oxygen atoms in total. The van der Waals surface area contributed by atoms with E-state index < -0.39 is 0 Å². The van der Waals surface area contributed by atoms with Crippen molar-refractivity contribution in [1.82, 2.24) is 0 Å². The molecule has 0 spiro atoms. The Balaban J connectivity index is 2.11. The first-order valence-corrected chi connectivity index (χ1v) is 5.72. The fraction of sp³-hybridized carbons (Fsp3) is 0.462. The van der Waals surface area contributed by atoms with E-state index in [2.05, 4.69) is 9.64 Å². The van der Waals surface area contributed by atoms with Gasteiger partial charge in [0.25, 0.3) is 0 Å². The molecule has 0 saturated heterocycles. The SMILES string of the molecule is COC(=O)CCC1CN(C)c2cc(O)ccc21. The van der Waals surface area contributed by atoms with E-state index in [-0.39, 0.29) is 11.7 Å². The van der Waals surface area contributed by atoms with Crippen LogP contribution in [0.4, 0.5) is 5.69 Å². The number of hydrogen-bond acceptors (Lipinski definition) is 4. The fourth-order valence-electron chi connectivity index (χ4n) is 2.38. The van der Waals surface area contributed by atoms with Crippen LogP contribution in [0, 0.1) is 0 Å². The van der Waals surface area contributed by atoms with E-state index in [0.29, 0.717) is 12.3 Å². The molecule has 0 radical (unpaired) electrons. The van der Waals surface area contributed by atoms with Crippen molar-refractivity contribution in [2.24, 2.45) is 0 Å². The minimum Gasteiger partial charge on any atom is -0.508 e. The fourth-order valence-corrected chi connectivity index (χ4v) is 2.38. The highest BCUT2D eigenvalue weighted by molar-refractivity contribution is 5.69. The van der Waals surface area contributed by atoms with Crippen molar-refractivity contribution >= 4 is 11.7 Å². The van der Waals surface area contributed by atoms with Gasteiger partial charge in [-0.2, -0.15) is 0 Å². The summed E-state index contributed by atoms with van der Waals surface area (Å²) in [5, 5.41) is 9.46. The number of carbonyl (C=O) groups excluding carboxylic acids is 1. The number of aromatic hydroxyl groups is 1. The molecule has 1 aromatic rings. The second-order valence-electron chi connectivity index (χ2n) is 4.44. The van der Waals surface area contributed by atoms with Crippen molar-refractivity contribution in [1.29, 1.82) is 0 Å². The number of hydrogen-bond donors (Lipinski definition) is 1. The number of carbonyl (C=O) groups is 1. The second-order valence-corrected chi connectivity index (χ2v) is 4.44. The summed E-state index contributed by atoms with van der Waals surface area (Å²) >= 11 is 0. The van der Waals surface area contributed by atoms with Crippen molar-refractivity contribution in [2.45, 2.75) is 18.8 Å². The number of esters is 1. The van der Waals surface area contributed by atoms with E-state index in [1.54, 1.807) is 12.1 Å². The summed E-state index contributed by atoms with van der Waals surface area (Å²) < 4.78 is 4.65. The Kier molecular flexibility index (Phi) is 3.22. The van der Waals surface area contributed by atoms with Gasteiger partial charge in [0.15, 0.2) is 0 Å². The highest BCUT2D eigenvalue weighted by atomic mass is 16.5. The monoisotopic (exact) mass is 235 g/mol. The van der Waals surface area contributed by atoms with E-state index in [1.807, 2.05) is 13.1 Å². The zero-order valence-corrected chi connectivity index (χ0v) is 10.1. The molecular formula is C13H17NO3. The van der Waals surface area contributed by atoms with Crippen LogP contribution in [0.5, 0.6) is 5.75 Å². The molecule has 92 valence electrons. The molecule has 1 aromatic carbocycles. The van der Waals surface area contributed by atoms with Gasteiger partial charge in [-0.25, -0.2) is 0 Å². The smallest absolute Gasteiger partial charge is 0.305 e. The number of fused-ring (bicyclic) bond motifs is 1. The summed E-state index contributed by atoms with van der Waals surface area (Å²) in [5.41, 5.74) is 2.26. The van der Waals surface area contributed by atoms with Gasteiger partial charge >= 0.3 is 5.97 Å². The van der Waals surface area contributed by atoms with E-state index in [0.717, 1.165) is 18.7 Å². The van der Waals surface area contributed by atoms with Crippen LogP contribution in [-0.4, -0.2) is 31.8 Å². The Morgan fingerprint density at radius 2 is 2.35 bits per heavy atom. The minimum atomic E-state index is -0.167. The zero-order valence-electron chi connectivity index (χ0n) is 10.1. The maximum Gasteiger partial charge on any atom is 0.305 e. The Bertz CT molecular complexity index is 431. The van der Waals surface area contributed by atoms with Crippen LogP contribution in [0.15, 0.2) is 18.2 Å². The van der Waals surface area contributed by atoms with Crippen LogP contribution in [0.1, 0.15) is 24.3 Å². The standard InChI is InChI=1S/C13H17NO3/c1-14-8-9(3-6-13(16)17-2)11-5-4-10(15)7-12(11)14/h4-5,7,9,15H,3,6,8H2,1-2H3. The Morgan fingerprint density at radius 1 is 1.59 bits per heavy atom. The summed E-state index contributed by atoms with van der Waals surface area (Å²) in [6.45, 7) is 0.885. The number of likely N-dealkylation sites (N-methyl/N-ethyl adjacent to an activating group) is 1. The topological polar surface area (TPSA) is 49.8 Å². The lowest BCUT2D eigenvalue weighted by Gasteiger charge is -2.12. The van der Waals surface area contributed by atoms with Gasteiger partial charge in [-0.3, -0.25) is 4.79 Å². The molecular weight excluding hydrogens is 218 g/mol. The summed E-state index contributed by atoms with van der Waals surface area (Å²) in [4.78, 5) is 13.2. The molecule has 1 heterocycles. The van der Waals surface area contributed by atoms with Crippen molar-refractivity contribution < 1.29 is 14.6 Å². The zero-order chi connectivity index (χ0) is 12.4. The van der Waals surface area contributed by atoms with E-state index >= 15 is 0 Å². The number of anilines is 1. The van der Waals surface area contributed by atoms with Gasteiger partial charge in [-0.1, -0.05) is 6.07 Å². The molecule has 1 atom stereocenters. The first-order chi connectivity index (χ1) is 8.11. The van der Waals surface area contributed by atoms with Crippen molar-refractivity contribution in [3.05, 3.63) is 23.8 Å². The average Bonchev–Trinajstić information content (AvgIpc) is 2.63. The molecule has 2 rings (SSSR count). The number of benzene rings is 1. The van der Waals surface area contributed by atoms with Crippen molar-refractivity contribution in [2.75, 3.05) is 25.6 Å². The van der Waals surface area contributed by atoms with E-state index in [1.165, 1.54) is 12.7 Å². The molecule has 1 aliphatic rings. The molecule has 1 aliphatic heterocycles. The lowest BCUT2D eigenvalue weighted by atomic mass is 9.96. The molecule has 1 unspecified atom stereocenters. The number of ether oxygens (including phenoxy) is 1. The van der Waals surface area contributed by atoms with Crippen LogP contribution in [0.2, 0.25) is 0 Å². The van der Waals surface area contributed by atoms with Crippen LogP contribution < -0.4 is 4.90 Å². The third-order valence-electron chi connectivity index (χ3n) is 3.28. The number of phenols is 1. The second kappa shape index (κ2) is 4.65. The van der Waals surface area contributed by atoms with Gasteiger partial charge in [0.1, 0.15) is 5.75 Å². The van der Waals surface area contributed by atoms with Gasteiger partial charge in [-0.05, 0) is 18.1 Å². The van der Waals surface area contributed by atoms with Gasteiger partial charge in [0.05, 0.1) is 7.11 Å². The molecule has 0 amide bonds. The maximum atomic E-state index is 11.1. The largest absolute Gasteiger partial charge is 0.508 e. The number of nitrogens with zero attached hydrogens (tertiary/aromatic N) is 1. The van der Waals surface area contributed by atoms with Gasteiger partial charge in [0.2, 0.25) is 0 Å². The average molecular weight is 235 g/mol. The third kappa shape index (κ3) is 2.35. The molecule has 0 aromatic heterocycles. The molecule has 0 bridgehead atoms. The predicted octanol–water partition coefficient (Wildman–Crippen LogP) is 1.88. The Labute approximate surface area is 101 Å². The van der Waals surface area contributed by atoms with Gasteiger partial charge < -0.3 is 14.7 Å². The molecule has 17 heavy (non-hydrogen) atoms. The molecule has 0 aliphatic carbocycles. The summed E-state index contributed by atoms with van der Waals surface area (Å²) in [5.74, 6) is 0.457. The Morgan fingerprint density at radius 3 is 3.06 bits per heavy atom. The lowest BCUT2D eigenvalue weighted by molar-refractivity contribution is -0.140. The van der Waals surface area contributed by atoms with Gasteiger partial charge in [-0.15, -0.1) is 0 Å². The lowest BCUT2D eigenvalue weighted by Crippen LogP contribution is -2.16. The summed E-state index contributed by atoms with van der Waals surface area (Å²) in [6, 6.07) is 5.41. The van der Waals surface area contributed by atoms with E-state index in [4.69, 9.17) is 0 Å². The van der Waals surface area contributed by atoms with Crippen LogP contribution in [0.3, 0.4) is 0 Å². The normalized spacial score (nSPS) is 18.0. The predicted molar refractivity (Wildman–Crippen MR) is 65.4 cm³/mol. The first-order valence-electron chi connectivity index (χ1n) is 5.72. The molecule has 4 heteroatoms. The number of rotatable bonds is 3. The maximum absolute atomic E-state index is 11.1. The van der Waals surface area contributed by atoms with Crippen LogP contribution in [0.25, 0.3) is 0 Å². The number of phenolic OH excluding ortho intramolecular Hbond substituents is 1. The van der Waals surface area contributed by atoms with E-state index in [9.17, 15) is 9.90 Å². The van der Waals surface area contributed by atoms with Crippen LogP contribution >= 0.6 is 0 Å². The first kappa shape index (κ1) is 11.8. The quantitative estimate of drug-likeness (QED) is 0.813. The van der Waals surface area contributed by atoms with Crippen molar-refractivity contribution in [3.8, 4) is 5.75 Å². The molecule has 1 N–H and O–H groups in total. The van der Waals surface area contributed by atoms with Gasteiger partial charge in [0, 0.05) is 37.7 Å². The van der Waals surface area contributed by atoms with Crippen molar-refractivity contribution in [3.63, 3.8) is 0 Å². The molecule has 0 fully saturated rings. The highest BCUT2D eigenvalue weighted by Gasteiger charge is 2.26. The highest BCUT2D eigenvalue weighted by Crippen LogP contribution is 2.39. The molecule has 0 saturated carbocycles.